The molecule has 0 saturated carbocycles. The summed E-state index contributed by atoms with van der Waals surface area (Å²) in [6.07, 6.45) is 0. The first-order valence-corrected chi connectivity index (χ1v) is 9.16. The van der Waals surface area contributed by atoms with E-state index in [0.29, 0.717) is 11.1 Å². The Kier molecular flexibility index (Phi) is 6.10. The second-order valence-electron chi connectivity index (χ2n) is 6.88. The molecule has 0 bridgehead atoms. The molecule has 1 fully saturated rings. The number of hydrogen-bond donors (Lipinski definition) is 2. The number of carbonyl (C=O) groups excluding carboxylic acids is 4. The number of hydrogen-bond acceptors (Lipinski definition) is 5. The normalized spacial score (nSPS) is 18.1. The largest absolute Gasteiger partial charge is 0.454 e. The van der Waals surface area contributed by atoms with Gasteiger partial charge in [-0.25, -0.2) is 9.18 Å². The summed E-state index contributed by atoms with van der Waals surface area (Å²) in [6, 6.07) is 13.5. The van der Waals surface area contributed by atoms with Crippen molar-refractivity contribution in [1.29, 1.82) is 0 Å². The van der Waals surface area contributed by atoms with E-state index in [-0.39, 0.29) is 12.4 Å². The zero-order chi connectivity index (χ0) is 21.7. The molecule has 1 aliphatic rings. The van der Waals surface area contributed by atoms with Gasteiger partial charge in [-0.3, -0.25) is 19.3 Å². The molecule has 0 aliphatic carbocycles. The molecule has 0 spiro atoms. The fourth-order valence-electron chi connectivity index (χ4n) is 2.98. The number of urea groups is 1. The van der Waals surface area contributed by atoms with E-state index in [1.165, 1.54) is 24.3 Å². The Morgan fingerprint density at radius 1 is 1.10 bits per heavy atom. The van der Waals surface area contributed by atoms with Gasteiger partial charge >= 0.3 is 12.0 Å². The zero-order valence-corrected chi connectivity index (χ0v) is 16.2. The Labute approximate surface area is 172 Å². The highest BCUT2D eigenvalue weighted by Gasteiger charge is 2.49. The molecular weight excluding hydrogens is 393 g/mol. The molecule has 0 unspecified atom stereocenters. The molecule has 0 aromatic heterocycles. The van der Waals surface area contributed by atoms with E-state index in [0.717, 1.165) is 4.90 Å². The zero-order valence-electron chi connectivity index (χ0n) is 16.2. The van der Waals surface area contributed by atoms with Crippen molar-refractivity contribution in [2.75, 3.05) is 13.2 Å². The predicted octanol–water partition coefficient (Wildman–Crippen LogP) is 1.45. The number of nitrogens with zero attached hydrogens (tertiary/aromatic N) is 1. The lowest BCUT2D eigenvalue weighted by molar-refractivity contribution is -0.151. The van der Waals surface area contributed by atoms with Crippen LogP contribution in [0.5, 0.6) is 0 Å². The molecule has 1 saturated heterocycles. The average Bonchev–Trinajstić information content (AvgIpc) is 2.96. The van der Waals surface area contributed by atoms with Crippen LogP contribution in [0.4, 0.5) is 9.18 Å². The lowest BCUT2D eigenvalue weighted by atomic mass is 9.92. The standard InChI is InChI=1S/C21H20FN3O5/c1-21(15-5-3-2-4-6-15)19(28)25(20(29)24-21)12-18(27)30-13-17(26)23-11-14-7-9-16(22)10-8-14/h2-10H,11-13H2,1H3,(H,23,26)(H,24,29)/t21-/m0/s1. The van der Waals surface area contributed by atoms with Crippen molar-refractivity contribution in [3.8, 4) is 0 Å². The van der Waals surface area contributed by atoms with Gasteiger partial charge in [0, 0.05) is 6.54 Å². The topological polar surface area (TPSA) is 105 Å². The van der Waals surface area contributed by atoms with E-state index in [2.05, 4.69) is 10.6 Å². The Bertz CT molecular complexity index is 964. The molecule has 2 aromatic rings. The van der Waals surface area contributed by atoms with Gasteiger partial charge in [-0.2, -0.15) is 0 Å². The van der Waals surface area contributed by atoms with Crippen LogP contribution < -0.4 is 10.6 Å². The minimum Gasteiger partial charge on any atom is -0.454 e. The molecule has 8 nitrogen and oxygen atoms in total. The van der Waals surface area contributed by atoms with Crippen LogP contribution in [-0.2, 0) is 31.2 Å². The number of benzene rings is 2. The first kappa shape index (κ1) is 21.0. The summed E-state index contributed by atoms with van der Waals surface area (Å²) in [5.74, 6) is -2.44. The molecule has 1 aliphatic heterocycles. The monoisotopic (exact) mass is 413 g/mol. The fourth-order valence-corrected chi connectivity index (χ4v) is 2.98. The number of rotatable bonds is 7. The van der Waals surface area contributed by atoms with Crippen LogP contribution in [0.2, 0.25) is 0 Å². The summed E-state index contributed by atoms with van der Waals surface area (Å²) >= 11 is 0. The van der Waals surface area contributed by atoms with Gasteiger partial charge in [0.25, 0.3) is 11.8 Å². The fraction of sp³-hybridized carbons (Fsp3) is 0.238. The summed E-state index contributed by atoms with van der Waals surface area (Å²) in [5, 5.41) is 5.10. The molecule has 0 radical (unpaired) electrons. The second kappa shape index (κ2) is 8.73. The minimum atomic E-state index is -1.29. The predicted molar refractivity (Wildman–Crippen MR) is 103 cm³/mol. The molecular formula is C21H20FN3O5. The van der Waals surface area contributed by atoms with Crippen molar-refractivity contribution in [3.63, 3.8) is 0 Å². The van der Waals surface area contributed by atoms with Crippen molar-refractivity contribution >= 4 is 23.8 Å². The van der Waals surface area contributed by atoms with Crippen molar-refractivity contribution in [3.05, 3.63) is 71.5 Å². The van der Waals surface area contributed by atoms with Gasteiger partial charge in [-0.1, -0.05) is 42.5 Å². The summed E-state index contributed by atoms with van der Waals surface area (Å²) in [7, 11) is 0. The number of ether oxygens (including phenoxy) is 1. The summed E-state index contributed by atoms with van der Waals surface area (Å²) in [4.78, 5) is 49.5. The molecule has 9 heteroatoms. The summed E-state index contributed by atoms with van der Waals surface area (Å²) in [6.45, 7) is 0.508. The molecule has 2 N–H and O–H groups in total. The third-order valence-corrected chi connectivity index (χ3v) is 4.68. The van der Waals surface area contributed by atoms with Gasteiger partial charge in [-0.05, 0) is 30.2 Å². The number of esters is 1. The maximum absolute atomic E-state index is 12.9. The minimum absolute atomic E-state index is 0.138. The molecule has 156 valence electrons. The van der Waals surface area contributed by atoms with E-state index in [9.17, 15) is 23.6 Å². The third-order valence-electron chi connectivity index (χ3n) is 4.68. The smallest absolute Gasteiger partial charge is 0.326 e. The number of amides is 4. The Balaban J connectivity index is 1.49. The van der Waals surface area contributed by atoms with Gasteiger partial charge in [-0.15, -0.1) is 0 Å². The van der Waals surface area contributed by atoms with E-state index < -0.39 is 42.5 Å². The number of halogens is 1. The summed E-state index contributed by atoms with van der Waals surface area (Å²) in [5.41, 5.74) is -0.0273. The molecule has 30 heavy (non-hydrogen) atoms. The van der Waals surface area contributed by atoms with Crippen molar-refractivity contribution in [1.82, 2.24) is 15.5 Å². The number of imide groups is 1. The number of carbonyl (C=O) groups is 4. The van der Waals surface area contributed by atoms with E-state index >= 15 is 0 Å². The molecule has 4 amide bonds. The van der Waals surface area contributed by atoms with Gasteiger partial charge in [0.05, 0.1) is 0 Å². The Morgan fingerprint density at radius 2 is 1.77 bits per heavy atom. The Morgan fingerprint density at radius 3 is 2.43 bits per heavy atom. The molecule has 2 aromatic carbocycles. The maximum Gasteiger partial charge on any atom is 0.326 e. The van der Waals surface area contributed by atoms with Crippen molar-refractivity contribution < 1.29 is 28.3 Å². The van der Waals surface area contributed by atoms with Crippen LogP contribution in [0.3, 0.4) is 0 Å². The third kappa shape index (κ3) is 4.62. The van der Waals surface area contributed by atoms with E-state index in [1.54, 1.807) is 37.3 Å². The van der Waals surface area contributed by atoms with Crippen LogP contribution in [0.15, 0.2) is 54.6 Å². The second-order valence-corrected chi connectivity index (χ2v) is 6.88. The van der Waals surface area contributed by atoms with Gasteiger partial charge in [0.2, 0.25) is 0 Å². The summed E-state index contributed by atoms with van der Waals surface area (Å²) < 4.78 is 17.7. The van der Waals surface area contributed by atoms with Crippen LogP contribution >= 0.6 is 0 Å². The van der Waals surface area contributed by atoms with Gasteiger partial charge in [0.1, 0.15) is 17.9 Å². The SMILES string of the molecule is C[C@@]1(c2ccccc2)NC(=O)N(CC(=O)OCC(=O)NCc2ccc(F)cc2)C1=O. The Hall–Kier alpha value is -3.75. The highest BCUT2D eigenvalue weighted by molar-refractivity contribution is 6.08. The molecule has 1 atom stereocenters. The lowest BCUT2D eigenvalue weighted by Gasteiger charge is -2.21. The highest BCUT2D eigenvalue weighted by Crippen LogP contribution is 2.28. The first-order chi connectivity index (χ1) is 14.3. The van der Waals surface area contributed by atoms with Crippen molar-refractivity contribution in [2.45, 2.75) is 19.0 Å². The maximum atomic E-state index is 12.9. The molecule has 1 heterocycles. The van der Waals surface area contributed by atoms with Crippen LogP contribution in [-0.4, -0.2) is 41.9 Å². The quantitative estimate of drug-likeness (QED) is 0.528. The lowest BCUT2D eigenvalue weighted by Crippen LogP contribution is -2.41. The van der Waals surface area contributed by atoms with Crippen LogP contribution in [0.1, 0.15) is 18.1 Å². The first-order valence-electron chi connectivity index (χ1n) is 9.16. The van der Waals surface area contributed by atoms with Gasteiger partial charge < -0.3 is 15.4 Å². The highest BCUT2D eigenvalue weighted by atomic mass is 19.1. The number of nitrogens with one attached hydrogen (secondary N) is 2. The van der Waals surface area contributed by atoms with Crippen LogP contribution in [0, 0.1) is 5.82 Å². The van der Waals surface area contributed by atoms with Crippen molar-refractivity contribution in [2.24, 2.45) is 0 Å². The molecule has 3 rings (SSSR count). The van der Waals surface area contributed by atoms with E-state index in [1.807, 2.05) is 0 Å². The van der Waals surface area contributed by atoms with Crippen LogP contribution in [0.25, 0.3) is 0 Å². The average molecular weight is 413 g/mol. The van der Waals surface area contributed by atoms with Gasteiger partial charge in [0.15, 0.2) is 6.61 Å². The van der Waals surface area contributed by atoms with E-state index in [4.69, 9.17) is 4.74 Å².